The van der Waals surface area contributed by atoms with E-state index in [1.54, 1.807) is 0 Å². The highest BCUT2D eigenvalue weighted by atomic mass is 16.5. The minimum atomic E-state index is -0.645. The zero-order valence-corrected chi connectivity index (χ0v) is 15.0. The molecule has 1 spiro atoms. The average molecular weight is 331 g/mol. The van der Waals surface area contributed by atoms with Crippen molar-refractivity contribution in [2.24, 2.45) is 0 Å². The number of aliphatic hydroxyl groups is 1. The van der Waals surface area contributed by atoms with Crippen LogP contribution >= 0.6 is 0 Å². The molecule has 0 radical (unpaired) electrons. The number of hydrogen-bond donors (Lipinski definition) is 1. The highest BCUT2D eigenvalue weighted by Crippen LogP contribution is 2.40. The monoisotopic (exact) mass is 331 g/mol. The van der Waals surface area contributed by atoms with Gasteiger partial charge in [-0.1, -0.05) is 30.3 Å². The minimum absolute atomic E-state index is 0.172. The molecular weight excluding hydrogens is 302 g/mol. The van der Waals surface area contributed by atoms with Crippen LogP contribution in [0.4, 0.5) is 0 Å². The third-order valence-electron chi connectivity index (χ3n) is 5.74. The maximum atomic E-state index is 13.1. The van der Waals surface area contributed by atoms with E-state index in [-0.39, 0.29) is 11.5 Å². The Balaban J connectivity index is 1.67. The Hall–Kier alpha value is -1.39. The quantitative estimate of drug-likeness (QED) is 0.906. The zero-order valence-electron chi connectivity index (χ0n) is 15.0. The molecule has 2 heterocycles. The van der Waals surface area contributed by atoms with E-state index in [0.717, 1.165) is 18.4 Å². The lowest BCUT2D eigenvalue weighted by atomic mass is 9.77. The molecule has 24 heavy (non-hydrogen) atoms. The largest absolute Gasteiger partial charge is 0.390 e. The van der Waals surface area contributed by atoms with E-state index in [2.05, 4.69) is 0 Å². The van der Waals surface area contributed by atoms with Crippen molar-refractivity contribution in [1.29, 1.82) is 0 Å². The predicted molar refractivity (Wildman–Crippen MR) is 93.8 cm³/mol. The molecule has 4 nitrogen and oxygen atoms in total. The SMILES string of the molecule is CC1(O)CCOC2(CCN(C(=O)C(C)(C)c3ccccc3)CC2)C1. The highest BCUT2D eigenvalue weighted by Gasteiger charge is 2.46. The summed E-state index contributed by atoms with van der Waals surface area (Å²) in [6.45, 7) is 7.90. The molecule has 132 valence electrons. The number of amides is 1. The van der Waals surface area contributed by atoms with Crippen LogP contribution in [0.2, 0.25) is 0 Å². The molecule has 1 N–H and O–H groups in total. The van der Waals surface area contributed by atoms with Crippen LogP contribution in [-0.4, -0.2) is 46.8 Å². The van der Waals surface area contributed by atoms with Crippen molar-refractivity contribution in [3.8, 4) is 0 Å². The van der Waals surface area contributed by atoms with Gasteiger partial charge in [0.25, 0.3) is 0 Å². The van der Waals surface area contributed by atoms with Crippen molar-refractivity contribution >= 4 is 5.91 Å². The fourth-order valence-electron chi connectivity index (χ4n) is 4.13. The van der Waals surface area contributed by atoms with Gasteiger partial charge in [-0.25, -0.2) is 0 Å². The van der Waals surface area contributed by atoms with Crippen LogP contribution in [0.15, 0.2) is 30.3 Å². The molecule has 3 rings (SSSR count). The van der Waals surface area contributed by atoms with Gasteiger partial charge in [0.2, 0.25) is 5.91 Å². The van der Waals surface area contributed by atoms with Gasteiger partial charge in [-0.15, -0.1) is 0 Å². The number of carbonyl (C=O) groups is 1. The topological polar surface area (TPSA) is 49.8 Å². The summed E-state index contributed by atoms with van der Waals surface area (Å²) < 4.78 is 6.04. The van der Waals surface area contributed by atoms with Crippen molar-refractivity contribution in [2.75, 3.05) is 19.7 Å². The van der Waals surface area contributed by atoms with Crippen LogP contribution < -0.4 is 0 Å². The normalized spacial score (nSPS) is 27.2. The lowest BCUT2D eigenvalue weighted by Crippen LogP contribution is -2.56. The molecule has 1 aromatic rings. The van der Waals surface area contributed by atoms with Gasteiger partial charge in [0.15, 0.2) is 0 Å². The first-order valence-electron chi connectivity index (χ1n) is 8.96. The van der Waals surface area contributed by atoms with Crippen LogP contribution in [0.25, 0.3) is 0 Å². The van der Waals surface area contributed by atoms with Crippen molar-refractivity contribution in [2.45, 2.75) is 63.1 Å². The number of nitrogens with zero attached hydrogens (tertiary/aromatic N) is 1. The number of hydrogen-bond acceptors (Lipinski definition) is 3. The number of likely N-dealkylation sites (tertiary alicyclic amines) is 1. The fraction of sp³-hybridized carbons (Fsp3) is 0.650. The van der Waals surface area contributed by atoms with E-state index in [1.165, 1.54) is 0 Å². The minimum Gasteiger partial charge on any atom is -0.390 e. The summed E-state index contributed by atoms with van der Waals surface area (Å²) in [5.74, 6) is 0.172. The molecule has 0 aromatic heterocycles. The highest BCUT2D eigenvalue weighted by molar-refractivity contribution is 5.87. The number of benzene rings is 1. The van der Waals surface area contributed by atoms with Gasteiger partial charge >= 0.3 is 0 Å². The number of piperidine rings is 1. The van der Waals surface area contributed by atoms with E-state index in [0.29, 0.717) is 32.5 Å². The summed E-state index contributed by atoms with van der Waals surface area (Å²) in [5, 5.41) is 10.4. The second-order valence-electron chi connectivity index (χ2n) is 8.24. The third-order valence-corrected chi connectivity index (χ3v) is 5.74. The zero-order chi connectivity index (χ0) is 17.4. The van der Waals surface area contributed by atoms with E-state index in [4.69, 9.17) is 4.74 Å². The van der Waals surface area contributed by atoms with Gasteiger partial charge in [-0.05, 0) is 45.6 Å². The van der Waals surface area contributed by atoms with Gasteiger partial charge in [0.1, 0.15) is 0 Å². The summed E-state index contributed by atoms with van der Waals surface area (Å²) in [4.78, 5) is 15.0. The second kappa shape index (κ2) is 6.16. The molecule has 1 atom stereocenters. The smallest absolute Gasteiger partial charge is 0.232 e. The van der Waals surface area contributed by atoms with Crippen LogP contribution in [0.3, 0.4) is 0 Å². The molecule has 1 aromatic carbocycles. The third kappa shape index (κ3) is 3.35. The Morgan fingerprint density at radius 1 is 1.17 bits per heavy atom. The average Bonchev–Trinajstić information content (AvgIpc) is 2.55. The van der Waals surface area contributed by atoms with E-state index in [9.17, 15) is 9.90 Å². The van der Waals surface area contributed by atoms with Gasteiger partial charge in [0.05, 0.1) is 23.2 Å². The molecule has 4 heteroatoms. The predicted octanol–water partition coefficient (Wildman–Crippen LogP) is 2.89. The van der Waals surface area contributed by atoms with Crippen molar-refractivity contribution in [3.05, 3.63) is 35.9 Å². The molecule has 2 aliphatic heterocycles. The summed E-state index contributed by atoms with van der Waals surface area (Å²) in [6, 6.07) is 9.97. The number of ether oxygens (including phenoxy) is 1. The lowest BCUT2D eigenvalue weighted by Gasteiger charge is -2.49. The lowest BCUT2D eigenvalue weighted by molar-refractivity contribution is -0.176. The Morgan fingerprint density at radius 2 is 1.79 bits per heavy atom. The molecule has 2 aliphatic rings. The van der Waals surface area contributed by atoms with Gasteiger partial charge < -0.3 is 14.7 Å². The molecule has 1 amide bonds. The van der Waals surface area contributed by atoms with Crippen LogP contribution in [0.1, 0.15) is 52.0 Å². The molecule has 0 aliphatic carbocycles. The first-order chi connectivity index (χ1) is 11.2. The molecule has 2 fully saturated rings. The molecule has 2 saturated heterocycles. The van der Waals surface area contributed by atoms with E-state index < -0.39 is 11.0 Å². The Morgan fingerprint density at radius 3 is 2.38 bits per heavy atom. The van der Waals surface area contributed by atoms with Crippen molar-refractivity contribution < 1.29 is 14.6 Å². The summed E-state index contributed by atoms with van der Waals surface area (Å²) in [7, 11) is 0. The Labute approximate surface area is 144 Å². The molecular formula is C20H29NO3. The summed E-state index contributed by atoms with van der Waals surface area (Å²) >= 11 is 0. The van der Waals surface area contributed by atoms with Crippen LogP contribution in [0.5, 0.6) is 0 Å². The first-order valence-corrected chi connectivity index (χ1v) is 8.96. The maximum Gasteiger partial charge on any atom is 0.232 e. The Bertz CT molecular complexity index is 586. The van der Waals surface area contributed by atoms with Crippen LogP contribution in [0, 0.1) is 0 Å². The fourth-order valence-corrected chi connectivity index (χ4v) is 4.13. The van der Waals surface area contributed by atoms with Gasteiger partial charge in [-0.2, -0.15) is 0 Å². The van der Waals surface area contributed by atoms with E-state index in [1.807, 2.05) is 56.0 Å². The molecule has 0 bridgehead atoms. The number of rotatable bonds is 2. The van der Waals surface area contributed by atoms with Crippen LogP contribution in [-0.2, 0) is 14.9 Å². The standard InChI is InChI=1S/C20H29NO3/c1-18(2,16-7-5-4-6-8-16)17(22)21-12-9-20(10-13-21)15-19(3,23)11-14-24-20/h4-8,23H,9-15H2,1-3H3. The Kier molecular flexibility index (Phi) is 4.47. The van der Waals surface area contributed by atoms with E-state index >= 15 is 0 Å². The van der Waals surface area contributed by atoms with Gasteiger partial charge in [-0.3, -0.25) is 4.79 Å². The molecule has 1 unspecified atom stereocenters. The number of carbonyl (C=O) groups excluding carboxylic acids is 1. The van der Waals surface area contributed by atoms with Gasteiger partial charge in [0, 0.05) is 19.5 Å². The summed E-state index contributed by atoms with van der Waals surface area (Å²) in [6.07, 6.45) is 2.97. The summed E-state index contributed by atoms with van der Waals surface area (Å²) in [5.41, 5.74) is -0.375. The van der Waals surface area contributed by atoms with Crippen molar-refractivity contribution in [1.82, 2.24) is 4.90 Å². The first kappa shape index (κ1) is 17.4. The molecule has 0 saturated carbocycles. The maximum absolute atomic E-state index is 13.1. The second-order valence-corrected chi connectivity index (χ2v) is 8.24. The van der Waals surface area contributed by atoms with Crippen molar-refractivity contribution in [3.63, 3.8) is 0 Å².